The Morgan fingerprint density at radius 1 is 0.792 bits per heavy atom. The number of aliphatic hydroxyl groups is 3. The molecule has 0 fully saturated rings. The molecule has 148 valence electrons. The zero-order valence-corrected chi connectivity index (χ0v) is 14.0. The van der Waals surface area contributed by atoms with E-state index in [2.05, 4.69) is 4.52 Å². The number of rotatable bonds is 6. The van der Waals surface area contributed by atoms with Crippen molar-refractivity contribution in [3.63, 3.8) is 0 Å². The van der Waals surface area contributed by atoms with Crippen LogP contribution in [-0.2, 0) is 23.0 Å². The summed E-state index contributed by atoms with van der Waals surface area (Å²) in [5.74, 6) is 0. The van der Waals surface area contributed by atoms with E-state index >= 15 is 0 Å². The van der Waals surface area contributed by atoms with Crippen LogP contribution in [0.3, 0.4) is 0 Å². The lowest BCUT2D eigenvalue weighted by atomic mass is 10.1. The summed E-state index contributed by atoms with van der Waals surface area (Å²) in [6, 6.07) is 0. The molecule has 0 saturated heterocycles. The lowest BCUT2D eigenvalue weighted by molar-refractivity contribution is -0.127. The molecule has 0 saturated carbocycles. The highest BCUT2D eigenvalue weighted by molar-refractivity contribution is 7.46. The minimum Gasteiger partial charge on any atom is -0.388 e. The molecular weight excluding hydrogens is 409 g/mol. The van der Waals surface area contributed by atoms with Crippen LogP contribution in [0.15, 0.2) is 0 Å². The van der Waals surface area contributed by atoms with E-state index in [0.717, 1.165) is 0 Å². The van der Waals surface area contributed by atoms with Gasteiger partial charge in [-0.05, 0) is 0 Å². The van der Waals surface area contributed by atoms with Crippen molar-refractivity contribution in [2.24, 2.45) is 0 Å². The third-order valence-electron chi connectivity index (χ3n) is 1.30. The Balaban J connectivity index is -0.000000361. The van der Waals surface area contributed by atoms with E-state index in [1.54, 1.807) is 0 Å². The fourth-order valence-electron chi connectivity index (χ4n) is 0.580. The van der Waals surface area contributed by atoms with Gasteiger partial charge in [0.25, 0.3) is 0 Å². The van der Waals surface area contributed by atoms with E-state index in [1.807, 2.05) is 0 Å². The minimum atomic E-state index is -4.74. The molecule has 0 aromatic carbocycles. The Hall–Kier alpha value is -0.120. The van der Waals surface area contributed by atoms with Gasteiger partial charge in [0.15, 0.2) is 6.29 Å². The van der Waals surface area contributed by atoms with Crippen molar-refractivity contribution >= 4 is 29.8 Å². The summed E-state index contributed by atoms with van der Waals surface area (Å²) in [7, 11) is -14.0. The van der Waals surface area contributed by atoms with Crippen molar-refractivity contribution < 1.29 is 77.5 Å². The molecule has 0 aromatic heterocycles. The van der Waals surface area contributed by atoms with E-state index in [0.29, 0.717) is 0 Å². The summed E-state index contributed by atoms with van der Waals surface area (Å²) in [6.45, 7) is -0.893. The number of carbonyl (C=O) groups excluding carboxylic acids is 1. The third kappa shape index (κ3) is 37.8. The second-order valence-electron chi connectivity index (χ2n) is 3.50. The highest BCUT2D eigenvalue weighted by atomic mass is 31.2. The molecule has 11 N–H and O–H groups in total. The van der Waals surface area contributed by atoms with Gasteiger partial charge in [-0.25, -0.2) is 13.7 Å². The van der Waals surface area contributed by atoms with Crippen LogP contribution in [0.1, 0.15) is 0 Å². The van der Waals surface area contributed by atoms with Crippen LogP contribution in [-0.4, -0.2) is 85.7 Å². The number of hydrogen-bond acceptors (Lipinski definition) is 8. The Labute approximate surface area is 133 Å². The summed E-state index contributed by atoms with van der Waals surface area (Å²) < 4.78 is 31.7. The molecule has 0 rings (SSSR count). The fourth-order valence-corrected chi connectivity index (χ4v) is 0.927. The van der Waals surface area contributed by atoms with Gasteiger partial charge in [-0.2, -0.15) is 0 Å². The average Bonchev–Trinajstić information content (AvgIpc) is 2.28. The molecule has 19 heteroatoms. The molecule has 0 aliphatic carbocycles. The summed E-state index contributed by atoms with van der Waals surface area (Å²) in [6.07, 6.45) is -5.46. The van der Waals surface area contributed by atoms with Crippen molar-refractivity contribution in [1.82, 2.24) is 0 Å². The predicted molar refractivity (Wildman–Crippen MR) is 70.6 cm³/mol. The van der Waals surface area contributed by atoms with Crippen molar-refractivity contribution in [3.8, 4) is 0 Å². The highest BCUT2D eigenvalue weighted by Gasteiger charge is 2.27. The van der Waals surface area contributed by atoms with Crippen LogP contribution in [0, 0.1) is 0 Å². The molecule has 0 radical (unpaired) electrons. The SMILES string of the molecule is O=CC(O)C(O)C(O)COP(=O)(O)O.O=P(O)(O)O.O=P(O)(O)O. The Morgan fingerprint density at radius 2 is 1.08 bits per heavy atom. The molecule has 16 nitrogen and oxygen atoms in total. The maximum Gasteiger partial charge on any atom is 0.469 e. The summed E-state index contributed by atoms with van der Waals surface area (Å²) in [4.78, 5) is 69.5. The predicted octanol–water partition coefficient (Wildman–Crippen LogP) is -4.48. The maximum absolute atomic E-state index is 10.1. The maximum atomic E-state index is 10.1. The van der Waals surface area contributed by atoms with Gasteiger partial charge in [0.2, 0.25) is 0 Å². The fraction of sp³-hybridized carbons (Fsp3) is 0.800. The van der Waals surface area contributed by atoms with E-state index in [9.17, 15) is 9.36 Å². The number of phosphoric acid groups is 3. The molecule has 24 heavy (non-hydrogen) atoms. The molecule has 0 heterocycles. The number of carbonyl (C=O) groups is 1. The first-order chi connectivity index (χ1) is 10.3. The molecule has 0 amide bonds. The van der Waals surface area contributed by atoms with Crippen molar-refractivity contribution in [1.29, 1.82) is 0 Å². The topological polar surface area (TPSA) is 300 Å². The molecule has 0 aliphatic rings. The van der Waals surface area contributed by atoms with Crippen LogP contribution in [0.4, 0.5) is 0 Å². The van der Waals surface area contributed by atoms with Gasteiger partial charge in [-0.3, -0.25) is 4.52 Å². The standard InChI is InChI=1S/C5H11O8P.2H3O4P/c6-1-3(7)5(9)4(8)2-13-14(10,11)12;2*1-5(2,3)4/h1,3-5,7-9H,2H2,(H2,10,11,12);2*(H3,1,2,3,4). The summed E-state index contributed by atoms with van der Waals surface area (Å²) in [5, 5.41) is 26.6. The first-order valence-corrected chi connectivity index (χ1v) is 9.70. The molecule has 3 atom stereocenters. The van der Waals surface area contributed by atoms with Gasteiger partial charge in [0.1, 0.15) is 18.3 Å². The molecule has 0 spiro atoms. The van der Waals surface area contributed by atoms with E-state index in [4.69, 9.17) is 63.6 Å². The van der Waals surface area contributed by atoms with Gasteiger partial charge in [0, 0.05) is 0 Å². The normalized spacial score (nSPS) is 15.8. The van der Waals surface area contributed by atoms with Crippen molar-refractivity contribution in [3.05, 3.63) is 0 Å². The Morgan fingerprint density at radius 3 is 1.29 bits per heavy atom. The van der Waals surface area contributed by atoms with Gasteiger partial charge in [-0.1, -0.05) is 0 Å². The van der Waals surface area contributed by atoms with E-state index < -0.39 is 48.4 Å². The zero-order chi connectivity index (χ0) is 20.4. The molecule has 0 aromatic rings. The third-order valence-corrected chi connectivity index (χ3v) is 1.78. The van der Waals surface area contributed by atoms with Crippen molar-refractivity contribution in [2.45, 2.75) is 18.3 Å². The highest BCUT2D eigenvalue weighted by Crippen LogP contribution is 2.35. The zero-order valence-electron chi connectivity index (χ0n) is 11.3. The van der Waals surface area contributed by atoms with Gasteiger partial charge >= 0.3 is 23.5 Å². The Kier molecular flexibility index (Phi) is 14.7. The van der Waals surface area contributed by atoms with Crippen LogP contribution in [0.2, 0.25) is 0 Å². The number of phosphoric ester groups is 1. The number of aldehydes is 1. The molecule has 3 unspecified atom stereocenters. The molecular formula is C5H17O16P3. The quantitative estimate of drug-likeness (QED) is 0.141. The molecule has 0 aliphatic heterocycles. The van der Waals surface area contributed by atoms with Gasteiger partial charge in [-0.15, -0.1) is 0 Å². The lowest BCUT2D eigenvalue weighted by Crippen LogP contribution is -2.40. The summed E-state index contributed by atoms with van der Waals surface area (Å²) >= 11 is 0. The number of hydrogen-bond donors (Lipinski definition) is 11. The first-order valence-electron chi connectivity index (χ1n) is 5.04. The minimum absolute atomic E-state index is 0.0225. The van der Waals surface area contributed by atoms with E-state index in [1.165, 1.54) is 0 Å². The van der Waals surface area contributed by atoms with Gasteiger partial charge in [0.05, 0.1) is 6.61 Å². The second kappa shape index (κ2) is 12.3. The van der Waals surface area contributed by atoms with Crippen LogP contribution in [0.5, 0.6) is 0 Å². The summed E-state index contributed by atoms with van der Waals surface area (Å²) in [5.41, 5.74) is 0. The smallest absolute Gasteiger partial charge is 0.388 e. The Bertz CT molecular complexity index is 436. The lowest BCUT2D eigenvalue weighted by Gasteiger charge is -2.19. The average molecular weight is 426 g/mol. The molecule has 0 bridgehead atoms. The van der Waals surface area contributed by atoms with Crippen LogP contribution in [0.25, 0.3) is 0 Å². The first kappa shape index (κ1) is 28.7. The van der Waals surface area contributed by atoms with Gasteiger partial charge < -0.3 is 59.3 Å². The second-order valence-corrected chi connectivity index (χ2v) is 6.79. The van der Waals surface area contributed by atoms with Crippen molar-refractivity contribution in [2.75, 3.05) is 6.61 Å². The number of aliphatic hydroxyl groups excluding tert-OH is 3. The monoisotopic (exact) mass is 426 g/mol. The van der Waals surface area contributed by atoms with Crippen LogP contribution < -0.4 is 0 Å². The largest absolute Gasteiger partial charge is 0.469 e. The van der Waals surface area contributed by atoms with E-state index in [-0.39, 0.29) is 6.29 Å². The van der Waals surface area contributed by atoms with Crippen LogP contribution >= 0.6 is 23.5 Å².